The summed E-state index contributed by atoms with van der Waals surface area (Å²) in [5, 5.41) is 22.0. The minimum Gasteiger partial charge on any atom is -0.508 e. The van der Waals surface area contributed by atoms with Crippen LogP contribution in [0.2, 0.25) is 0 Å². The quantitative estimate of drug-likeness (QED) is 0.782. The van der Waals surface area contributed by atoms with Crippen LogP contribution in [0.1, 0.15) is 57.3 Å². The van der Waals surface area contributed by atoms with Crippen LogP contribution < -0.4 is 5.32 Å². The van der Waals surface area contributed by atoms with Gasteiger partial charge in [-0.15, -0.1) is 0 Å². The Labute approximate surface area is 126 Å². The number of carbonyl (C=O) groups is 1. The number of hydrogen-bond donors (Lipinski definition) is 3. The maximum Gasteiger partial charge on any atom is 0.251 e. The van der Waals surface area contributed by atoms with E-state index in [2.05, 4.69) is 33.0 Å². The van der Waals surface area contributed by atoms with Gasteiger partial charge in [-0.2, -0.15) is 0 Å². The fourth-order valence-electron chi connectivity index (χ4n) is 3.94. The van der Waals surface area contributed by atoms with Crippen molar-refractivity contribution in [1.82, 2.24) is 5.32 Å². The topological polar surface area (TPSA) is 69.6 Å². The first-order valence-corrected chi connectivity index (χ1v) is 7.40. The van der Waals surface area contributed by atoms with E-state index in [0.29, 0.717) is 0 Å². The highest BCUT2D eigenvalue weighted by Gasteiger charge is 2.38. The van der Waals surface area contributed by atoms with Crippen molar-refractivity contribution in [2.75, 3.05) is 0 Å². The fourth-order valence-corrected chi connectivity index (χ4v) is 3.94. The van der Waals surface area contributed by atoms with Gasteiger partial charge in [0, 0.05) is 17.7 Å². The molecule has 0 spiro atoms. The summed E-state index contributed by atoms with van der Waals surface area (Å²) in [6, 6.07) is 4.06. The summed E-state index contributed by atoms with van der Waals surface area (Å²) in [6.07, 6.45) is 3.01. The van der Waals surface area contributed by atoms with Gasteiger partial charge in [-0.05, 0) is 42.2 Å². The average Bonchev–Trinajstić information content (AvgIpc) is 2.22. The first-order valence-electron chi connectivity index (χ1n) is 7.40. The third kappa shape index (κ3) is 4.13. The highest BCUT2D eigenvalue weighted by molar-refractivity contribution is 5.95. The van der Waals surface area contributed by atoms with Crippen LogP contribution in [-0.2, 0) is 0 Å². The molecule has 1 aliphatic rings. The smallest absolute Gasteiger partial charge is 0.251 e. The third-order valence-electron chi connectivity index (χ3n) is 4.06. The Morgan fingerprint density at radius 3 is 2.00 bits per heavy atom. The standard InChI is InChI=1S/C17H25NO3/c1-16(2)8-12(9-17(3,4)10-16)18-15(21)11-5-13(19)7-14(20)6-11/h5-7,12,19-20H,8-10H2,1-4H3,(H,18,21). The van der Waals surface area contributed by atoms with Crippen molar-refractivity contribution in [1.29, 1.82) is 0 Å². The third-order valence-corrected chi connectivity index (χ3v) is 4.06. The molecule has 4 nitrogen and oxygen atoms in total. The Bertz CT molecular complexity index is 513. The lowest BCUT2D eigenvalue weighted by Gasteiger charge is -2.45. The average molecular weight is 291 g/mol. The molecule has 0 bridgehead atoms. The van der Waals surface area contributed by atoms with E-state index in [1.165, 1.54) is 18.2 Å². The lowest BCUT2D eigenvalue weighted by molar-refractivity contribution is 0.0713. The van der Waals surface area contributed by atoms with E-state index in [-0.39, 0.29) is 39.8 Å². The van der Waals surface area contributed by atoms with Crippen molar-refractivity contribution in [3.63, 3.8) is 0 Å². The van der Waals surface area contributed by atoms with Crippen molar-refractivity contribution in [3.05, 3.63) is 23.8 Å². The Balaban J connectivity index is 2.12. The van der Waals surface area contributed by atoms with Crippen molar-refractivity contribution >= 4 is 5.91 Å². The highest BCUT2D eigenvalue weighted by atomic mass is 16.3. The van der Waals surface area contributed by atoms with E-state index in [4.69, 9.17) is 0 Å². The van der Waals surface area contributed by atoms with Crippen LogP contribution in [0.25, 0.3) is 0 Å². The Kier molecular flexibility index (Phi) is 3.91. The van der Waals surface area contributed by atoms with Crippen LogP contribution in [0.5, 0.6) is 11.5 Å². The normalized spacial score (nSPS) is 21.0. The molecule has 0 radical (unpaired) electrons. The molecule has 1 aromatic carbocycles. The second kappa shape index (κ2) is 5.24. The Morgan fingerprint density at radius 1 is 1.05 bits per heavy atom. The molecular formula is C17H25NO3. The zero-order valence-corrected chi connectivity index (χ0v) is 13.2. The summed E-state index contributed by atoms with van der Waals surface area (Å²) in [6.45, 7) is 8.92. The molecule has 0 saturated heterocycles. The summed E-state index contributed by atoms with van der Waals surface area (Å²) in [7, 11) is 0. The number of phenolic OH excluding ortho intramolecular Hbond substituents is 2. The summed E-state index contributed by atoms with van der Waals surface area (Å²) < 4.78 is 0. The van der Waals surface area contributed by atoms with Gasteiger partial charge in [0.1, 0.15) is 11.5 Å². The molecule has 21 heavy (non-hydrogen) atoms. The summed E-state index contributed by atoms with van der Waals surface area (Å²) in [5.41, 5.74) is 0.676. The first-order chi connectivity index (χ1) is 9.56. The number of rotatable bonds is 2. The molecular weight excluding hydrogens is 266 g/mol. The van der Waals surface area contributed by atoms with Gasteiger partial charge in [0.2, 0.25) is 0 Å². The van der Waals surface area contributed by atoms with Gasteiger partial charge in [-0.1, -0.05) is 27.7 Å². The van der Waals surface area contributed by atoms with Gasteiger partial charge in [0.15, 0.2) is 0 Å². The second-order valence-corrected chi connectivity index (χ2v) is 7.82. The van der Waals surface area contributed by atoms with Gasteiger partial charge >= 0.3 is 0 Å². The largest absolute Gasteiger partial charge is 0.508 e. The monoisotopic (exact) mass is 291 g/mol. The lowest BCUT2D eigenvalue weighted by atomic mass is 9.63. The maximum absolute atomic E-state index is 12.3. The van der Waals surface area contributed by atoms with Crippen molar-refractivity contribution in [3.8, 4) is 11.5 Å². The summed E-state index contributed by atoms with van der Waals surface area (Å²) in [5.74, 6) is -0.464. The van der Waals surface area contributed by atoms with Crippen LogP contribution in [0, 0.1) is 10.8 Å². The molecule has 2 rings (SSSR count). The number of hydrogen-bond acceptors (Lipinski definition) is 3. The van der Waals surface area contributed by atoms with E-state index >= 15 is 0 Å². The molecule has 3 N–H and O–H groups in total. The van der Waals surface area contributed by atoms with Gasteiger partial charge in [0.05, 0.1) is 0 Å². The second-order valence-electron chi connectivity index (χ2n) is 7.82. The number of amides is 1. The molecule has 0 aromatic heterocycles. The molecule has 1 fully saturated rings. The molecule has 1 aromatic rings. The minimum absolute atomic E-state index is 0.107. The van der Waals surface area contributed by atoms with E-state index < -0.39 is 0 Å². The first kappa shape index (κ1) is 15.7. The summed E-state index contributed by atoms with van der Waals surface area (Å²) in [4.78, 5) is 12.3. The number of nitrogens with one attached hydrogen (secondary N) is 1. The van der Waals surface area contributed by atoms with Gasteiger partial charge in [0.25, 0.3) is 5.91 Å². The molecule has 0 unspecified atom stereocenters. The van der Waals surface area contributed by atoms with Crippen LogP contribution in [-0.4, -0.2) is 22.2 Å². The fraction of sp³-hybridized carbons (Fsp3) is 0.588. The van der Waals surface area contributed by atoms with Crippen molar-refractivity contribution < 1.29 is 15.0 Å². The molecule has 4 heteroatoms. The highest BCUT2D eigenvalue weighted by Crippen LogP contribution is 2.45. The Morgan fingerprint density at radius 2 is 1.52 bits per heavy atom. The van der Waals surface area contributed by atoms with Crippen molar-refractivity contribution in [2.45, 2.75) is 53.0 Å². The number of carbonyl (C=O) groups excluding carboxylic acids is 1. The van der Waals surface area contributed by atoms with Crippen LogP contribution >= 0.6 is 0 Å². The van der Waals surface area contributed by atoms with Gasteiger partial charge < -0.3 is 15.5 Å². The molecule has 0 heterocycles. The minimum atomic E-state index is -0.250. The van der Waals surface area contributed by atoms with E-state index in [1.807, 2.05) is 0 Å². The van der Waals surface area contributed by atoms with Gasteiger partial charge in [-0.25, -0.2) is 0 Å². The van der Waals surface area contributed by atoms with Crippen LogP contribution in [0.3, 0.4) is 0 Å². The molecule has 0 atom stereocenters. The molecule has 1 saturated carbocycles. The Hall–Kier alpha value is -1.71. The van der Waals surface area contributed by atoms with Crippen LogP contribution in [0.4, 0.5) is 0 Å². The van der Waals surface area contributed by atoms with Crippen molar-refractivity contribution in [2.24, 2.45) is 10.8 Å². The maximum atomic E-state index is 12.3. The number of phenols is 2. The molecule has 0 aliphatic heterocycles. The molecule has 1 amide bonds. The zero-order chi connectivity index (χ0) is 15.8. The lowest BCUT2D eigenvalue weighted by Crippen LogP contribution is -2.46. The van der Waals surface area contributed by atoms with Gasteiger partial charge in [-0.3, -0.25) is 4.79 Å². The molecule has 116 valence electrons. The zero-order valence-electron chi connectivity index (χ0n) is 13.2. The van der Waals surface area contributed by atoms with E-state index in [9.17, 15) is 15.0 Å². The summed E-state index contributed by atoms with van der Waals surface area (Å²) >= 11 is 0. The molecule has 1 aliphatic carbocycles. The predicted molar refractivity (Wildman–Crippen MR) is 82.4 cm³/mol. The number of aromatic hydroxyl groups is 2. The predicted octanol–water partition coefficient (Wildman–Crippen LogP) is 3.43. The van der Waals surface area contributed by atoms with Crippen LogP contribution in [0.15, 0.2) is 18.2 Å². The SMILES string of the molecule is CC1(C)CC(NC(=O)c2cc(O)cc(O)c2)CC(C)(C)C1. The number of benzene rings is 1. The van der Waals surface area contributed by atoms with E-state index in [1.54, 1.807) is 0 Å². The van der Waals surface area contributed by atoms with E-state index in [0.717, 1.165) is 19.3 Å².